The fraction of sp³-hybridized carbons (Fsp3) is 0.0714. The monoisotopic (exact) mass is 257 g/mol. The summed E-state index contributed by atoms with van der Waals surface area (Å²) in [4.78, 5) is 15.7. The first-order valence-electron chi connectivity index (χ1n) is 5.73. The Bertz CT molecular complexity index is 567. The minimum Gasteiger partial charge on any atom is -0.267 e. The van der Waals surface area contributed by atoms with Crippen LogP contribution in [0.5, 0.6) is 0 Å². The maximum atomic E-state index is 12.7. The van der Waals surface area contributed by atoms with Crippen molar-refractivity contribution in [3.05, 3.63) is 65.7 Å². The molecule has 1 aromatic carbocycles. The van der Waals surface area contributed by atoms with Crippen molar-refractivity contribution in [2.75, 3.05) is 0 Å². The van der Waals surface area contributed by atoms with E-state index in [4.69, 9.17) is 0 Å². The van der Waals surface area contributed by atoms with Crippen LogP contribution in [-0.2, 0) is 6.42 Å². The smallest absolute Gasteiger partial charge is 0.267 e. The molecule has 19 heavy (non-hydrogen) atoms. The van der Waals surface area contributed by atoms with Crippen LogP contribution in [0, 0.1) is 5.82 Å². The maximum absolute atomic E-state index is 12.7. The van der Waals surface area contributed by atoms with Gasteiger partial charge in [0, 0.05) is 30.1 Å². The summed E-state index contributed by atoms with van der Waals surface area (Å²) < 4.78 is 12.7. The topological polar surface area (TPSA) is 54.4 Å². The first-order valence-corrected chi connectivity index (χ1v) is 5.73. The van der Waals surface area contributed by atoms with Crippen molar-refractivity contribution < 1.29 is 9.18 Å². The largest absolute Gasteiger partial charge is 0.271 e. The number of amides is 1. The first kappa shape index (κ1) is 12.9. The van der Waals surface area contributed by atoms with Gasteiger partial charge >= 0.3 is 0 Å². The molecule has 0 radical (unpaired) electrons. The number of carbonyl (C=O) groups is 1. The highest BCUT2D eigenvalue weighted by molar-refractivity contribution is 5.94. The Hall–Kier alpha value is -2.56. The normalized spacial score (nSPS) is 10.6. The molecule has 0 saturated carbocycles. The predicted molar refractivity (Wildman–Crippen MR) is 70.3 cm³/mol. The number of aromatic nitrogens is 1. The standard InChI is InChI=1S/C14H12FN3O/c15-12-6-4-11(5-7-12)14(19)18-17-10-8-13-3-1-2-9-16-13/h1-7,9-10H,8H2,(H,18,19). The molecular weight excluding hydrogens is 245 g/mol. The fourth-order valence-corrected chi connectivity index (χ4v) is 1.43. The molecule has 2 rings (SSSR count). The predicted octanol–water partition coefficient (Wildman–Crippen LogP) is 2.18. The van der Waals surface area contributed by atoms with Crippen LogP contribution in [-0.4, -0.2) is 17.1 Å². The molecule has 0 spiro atoms. The Labute approximate surface area is 110 Å². The summed E-state index contributed by atoms with van der Waals surface area (Å²) in [5.74, 6) is -0.757. The van der Waals surface area contributed by atoms with Gasteiger partial charge in [-0.15, -0.1) is 0 Å². The molecule has 1 heterocycles. The van der Waals surface area contributed by atoms with Gasteiger partial charge in [0.2, 0.25) is 0 Å². The van der Waals surface area contributed by atoms with Gasteiger partial charge in [-0.25, -0.2) is 9.82 Å². The number of carbonyl (C=O) groups excluding carboxylic acids is 1. The number of hydrazone groups is 1. The Morgan fingerprint density at radius 1 is 1.26 bits per heavy atom. The second-order valence-corrected chi connectivity index (χ2v) is 3.78. The van der Waals surface area contributed by atoms with E-state index in [-0.39, 0.29) is 11.7 Å². The van der Waals surface area contributed by atoms with Gasteiger partial charge in [0.15, 0.2) is 0 Å². The molecule has 96 valence electrons. The molecule has 1 aromatic heterocycles. The molecule has 1 N–H and O–H groups in total. The second-order valence-electron chi connectivity index (χ2n) is 3.78. The van der Waals surface area contributed by atoms with E-state index in [0.29, 0.717) is 12.0 Å². The molecule has 0 aliphatic heterocycles. The Morgan fingerprint density at radius 2 is 2.05 bits per heavy atom. The highest BCUT2D eigenvalue weighted by Gasteiger charge is 2.03. The molecule has 5 heteroatoms. The molecule has 0 saturated heterocycles. The third-order valence-corrected chi connectivity index (χ3v) is 2.39. The number of hydrogen-bond donors (Lipinski definition) is 1. The molecule has 0 aliphatic carbocycles. The Balaban J connectivity index is 1.85. The summed E-state index contributed by atoms with van der Waals surface area (Å²) in [6, 6.07) is 10.8. The van der Waals surface area contributed by atoms with Gasteiger partial charge in [-0.2, -0.15) is 5.10 Å². The number of nitrogens with zero attached hydrogens (tertiary/aromatic N) is 2. The molecule has 0 fully saturated rings. The average Bonchev–Trinajstić information content (AvgIpc) is 2.45. The van der Waals surface area contributed by atoms with Crippen molar-refractivity contribution in [1.82, 2.24) is 10.4 Å². The summed E-state index contributed by atoms with van der Waals surface area (Å²) in [6.07, 6.45) is 3.79. The van der Waals surface area contributed by atoms with Gasteiger partial charge in [-0.05, 0) is 36.4 Å². The lowest BCUT2D eigenvalue weighted by molar-refractivity contribution is 0.0955. The van der Waals surface area contributed by atoms with Crippen LogP contribution in [0.2, 0.25) is 0 Å². The molecule has 0 unspecified atom stereocenters. The SMILES string of the molecule is O=C(NN=CCc1ccccn1)c1ccc(F)cc1. The van der Waals surface area contributed by atoms with Crippen LogP contribution < -0.4 is 5.43 Å². The van der Waals surface area contributed by atoms with Crippen LogP contribution in [0.15, 0.2) is 53.8 Å². The van der Waals surface area contributed by atoms with E-state index in [9.17, 15) is 9.18 Å². The van der Waals surface area contributed by atoms with Crippen molar-refractivity contribution in [3.63, 3.8) is 0 Å². The number of benzene rings is 1. The maximum Gasteiger partial charge on any atom is 0.271 e. The lowest BCUT2D eigenvalue weighted by Gasteiger charge is -1.99. The Kier molecular flexibility index (Phi) is 4.34. The lowest BCUT2D eigenvalue weighted by Crippen LogP contribution is -2.17. The van der Waals surface area contributed by atoms with E-state index in [2.05, 4.69) is 15.5 Å². The highest BCUT2D eigenvalue weighted by atomic mass is 19.1. The van der Waals surface area contributed by atoms with Gasteiger partial charge in [0.25, 0.3) is 5.91 Å². The third kappa shape index (κ3) is 3.99. The molecule has 2 aromatic rings. The van der Waals surface area contributed by atoms with Crippen LogP contribution in [0.3, 0.4) is 0 Å². The quantitative estimate of drug-likeness (QED) is 0.674. The van der Waals surface area contributed by atoms with Gasteiger partial charge in [-0.1, -0.05) is 6.07 Å². The van der Waals surface area contributed by atoms with E-state index in [0.717, 1.165) is 5.69 Å². The van der Waals surface area contributed by atoms with E-state index in [1.165, 1.54) is 24.3 Å². The number of halogens is 1. The number of rotatable bonds is 4. The molecule has 0 bridgehead atoms. The van der Waals surface area contributed by atoms with Crippen molar-refractivity contribution in [3.8, 4) is 0 Å². The van der Waals surface area contributed by atoms with Crippen LogP contribution in [0.25, 0.3) is 0 Å². The minimum absolute atomic E-state index is 0.358. The Morgan fingerprint density at radius 3 is 2.74 bits per heavy atom. The third-order valence-electron chi connectivity index (χ3n) is 2.39. The van der Waals surface area contributed by atoms with Crippen molar-refractivity contribution in [2.45, 2.75) is 6.42 Å². The summed E-state index contributed by atoms with van der Waals surface area (Å²) in [5, 5.41) is 3.81. The van der Waals surface area contributed by atoms with Crippen molar-refractivity contribution in [1.29, 1.82) is 0 Å². The number of nitrogens with one attached hydrogen (secondary N) is 1. The molecule has 4 nitrogen and oxygen atoms in total. The zero-order chi connectivity index (χ0) is 13.5. The molecular formula is C14H12FN3O. The van der Waals surface area contributed by atoms with Gasteiger partial charge in [0.1, 0.15) is 5.82 Å². The lowest BCUT2D eigenvalue weighted by atomic mass is 10.2. The number of hydrogen-bond acceptors (Lipinski definition) is 3. The summed E-state index contributed by atoms with van der Waals surface area (Å²) in [5.41, 5.74) is 3.59. The average molecular weight is 257 g/mol. The van der Waals surface area contributed by atoms with Gasteiger partial charge in [0.05, 0.1) is 0 Å². The van der Waals surface area contributed by atoms with E-state index >= 15 is 0 Å². The zero-order valence-corrected chi connectivity index (χ0v) is 10.1. The summed E-state index contributed by atoms with van der Waals surface area (Å²) in [6.45, 7) is 0. The minimum atomic E-state index is -0.379. The first-order chi connectivity index (χ1) is 9.25. The van der Waals surface area contributed by atoms with Crippen molar-refractivity contribution >= 4 is 12.1 Å². The highest BCUT2D eigenvalue weighted by Crippen LogP contribution is 2.02. The van der Waals surface area contributed by atoms with E-state index in [1.807, 2.05) is 18.2 Å². The van der Waals surface area contributed by atoms with Gasteiger partial charge < -0.3 is 0 Å². The zero-order valence-electron chi connectivity index (χ0n) is 10.1. The second kappa shape index (κ2) is 6.39. The number of pyridine rings is 1. The van der Waals surface area contributed by atoms with E-state index in [1.54, 1.807) is 12.4 Å². The van der Waals surface area contributed by atoms with Gasteiger partial charge in [-0.3, -0.25) is 9.78 Å². The molecule has 0 aliphatic rings. The molecule has 1 amide bonds. The fourth-order valence-electron chi connectivity index (χ4n) is 1.43. The van der Waals surface area contributed by atoms with Crippen molar-refractivity contribution in [2.24, 2.45) is 5.10 Å². The summed E-state index contributed by atoms with van der Waals surface area (Å²) >= 11 is 0. The molecule has 0 atom stereocenters. The van der Waals surface area contributed by atoms with Crippen LogP contribution >= 0.6 is 0 Å². The summed E-state index contributed by atoms with van der Waals surface area (Å²) in [7, 11) is 0. The van der Waals surface area contributed by atoms with Crippen LogP contribution in [0.1, 0.15) is 16.1 Å². The van der Waals surface area contributed by atoms with E-state index < -0.39 is 0 Å². The van der Waals surface area contributed by atoms with Crippen LogP contribution in [0.4, 0.5) is 4.39 Å².